The van der Waals surface area contributed by atoms with Gasteiger partial charge in [0.25, 0.3) is 5.91 Å². The highest BCUT2D eigenvalue weighted by atomic mass is 32.2. The predicted octanol–water partition coefficient (Wildman–Crippen LogP) is 2.61. The standard InChI is InChI=1S/C15H12F2N2O6S/c16-15(17)26(23,24)11-7-5-10(6-8-11)18-14(20)9-25-13-4-2-1-3-12(13)19(21)22/h1-8,15H,9H2,(H,18,20). The van der Waals surface area contributed by atoms with Gasteiger partial charge in [0.05, 0.1) is 9.82 Å². The molecule has 2 aromatic carbocycles. The first-order chi connectivity index (χ1) is 12.2. The van der Waals surface area contributed by atoms with Crippen molar-refractivity contribution in [2.24, 2.45) is 0 Å². The van der Waals surface area contributed by atoms with Crippen LogP contribution in [-0.2, 0) is 14.6 Å². The summed E-state index contributed by atoms with van der Waals surface area (Å²) in [5, 5.41) is 13.2. The van der Waals surface area contributed by atoms with Gasteiger partial charge in [-0.1, -0.05) is 12.1 Å². The van der Waals surface area contributed by atoms with Crippen molar-refractivity contribution in [1.29, 1.82) is 0 Å². The normalized spacial score (nSPS) is 11.2. The van der Waals surface area contributed by atoms with Crippen LogP contribution < -0.4 is 10.1 Å². The lowest BCUT2D eigenvalue weighted by atomic mass is 10.3. The number of nitro groups is 1. The fraction of sp³-hybridized carbons (Fsp3) is 0.133. The number of hydrogen-bond acceptors (Lipinski definition) is 6. The Morgan fingerprint density at radius 1 is 1.15 bits per heavy atom. The van der Waals surface area contributed by atoms with E-state index < -0.39 is 37.9 Å². The van der Waals surface area contributed by atoms with Crippen LogP contribution in [-0.4, -0.2) is 31.6 Å². The van der Waals surface area contributed by atoms with E-state index in [1.807, 2.05) is 0 Å². The zero-order chi connectivity index (χ0) is 19.3. The van der Waals surface area contributed by atoms with Crippen LogP contribution in [0.25, 0.3) is 0 Å². The molecule has 1 amide bonds. The van der Waals surface area contributed by atoms with Crippen LogP contribution in [0.15, 0.2) is 53.4 Å². The minimum atomic E-state index is -4.72. The Morgan fingerprint density at radius 2 is 1.77 bits per heavy atom. The molecular weight excluding hydrogens is 374 g/mol. The summed E-state index contributed by atoms with van der Waals surface area (Å²) < 4.78 is 52.6. The zero-order valence-corrected chi connectivity index (χ0v) is 13.8. The summed E-state index contributed by atoms with van der Waals surface area (Å²) in [5.41, 5.74) is -0.156. The molecule has 1 N–H and O–H groups in total. The molecule has 2 aromatic rings. The highest BCUT2D eigenvalue weighted by molar-refractivity contribution is 7.91. The number of benzene rings is 2. The maximum atomic E-state index is 12.4. The van der Waals surface area contributed by atoms with E-state index in [9.17, 15) is 32.1 Å². The fourth-order valence-corrected chi connectivity index (χ4v) is 2.62. The number of ether oxygens (including phenoxy) is 1. The molecule has 0 aliphatic rings. The summed E-state index contributed by atoms with van der Waals surface area (Å²) >= 11 is 0. The smallest absolute Gasteiger partial charge is 0.341 e. The van der Waals surface area contributed by atoms with Crippen molar-refractivity contribution in [2.75, 3.05) is 11.9 Å². The van der Waals surface area contributed by atoms with Gasteiger partial charge >= 0.3 is 11.4 Å². The third-order valence-corrected chi connectivity index (χ3v) is 4.52. The number of alkyl halides is 2. The van der Waals surface area contributed by atoms with Gasteiger partial charge < -0.3 is 10.1 Å². The van der Waals surface area contributed by atoms with E-state index in [1.165, 1.54) is 24.3 Å². The molecule has 0 aromatic heterocycles. The molecule has 8 nitrogen and oxygen atoms in total. The summed E-state index contributed by atoms with van der Waals surface area (Å²) in [4.78, 5) is 21.4. The third-order valence-electron chi connectivity index (χ3n) is 3.12. The molecule has 0 saturated carbocycles. The Balaban J connectivity index is 2.00. The van der Waals surface area contributed by atoms with Crippen LogP contribution in [0.1, 0.15) is 0 Å². The molecule has 0 bridgehead atoms. The molecule has 2 rings (SSSR count). The van der Waals surface area contributed by atoms with Crippen LogP contribution >= 0.6 is 0 Å². The molecule has 0 spiro atoms. The largest absolute Gasteiger partial charge is 0.477 e. The number of rotatable bonds is 7. The van der Waals surface area contributed by atoms with Gasteiger partial charge in [-0.15, -0.1) is 0 Å². The van der Waals surface area contributed by atoms with Gasteiger partial charge in [0.1, 0.15) is 0 Å². The molecule has 0 heterocycles. The van der Waals surface area contributed by atoms with Crippen molar-refractivity contribution in [2.45, 2.75) is 10.7 Å². The van der Waals surface area contributed by atoms with Crippen LogP contribution in [0, 0.1) is 10.1 Å². The van der Waals surface area contributed by atoms with Gasteiger partial charge in [-0.05, 0) is 30.3 Å². The van der Waals surface area contributed by atoms with Gasteiger partial charge in [0.2, 0.25) is 9.84 Å². The maximum Gasteiger partial charge on any atom is 0.341 e. The summed E-state index contributed by atoms with van der Waals surface area (Å²) in [6.45, 7) is -0.540. The SMILES string of the molecule is O=C(COc1ccccc1[N+](=O)[O-])Nc1ccc(S(=O)(=O)C(F)F)cc1. The summed E-state index contributed by atoms with van der Waals surface area (Å²) in [5.74, 6) is -4.31. The number of amides is 1. The Kier molecular flexibility index (Phi) is 5.82. The Hall–Kier alpha value is -3.08. The zero-order valence-electron chi connectivity index (χ0n) is 13.0. The third kappa shape index (κ3) is 4.51. The summed E-state index contributed by atoms with van der Waals surface area (Å²) in [6.07, 6.45) is 0. The number of nitrogens with one attached hydrogen (secondary N) is 1. The van der Waals surface area contributed by atoms with Crippen molar-refractivity contribution in [3.05, 3.63) is 58.6 Å². The molecule has 0 atom stereocenters. The van der Waals surface area contributed by atoms with E-state index >= 15 is 0 Å². The van der Waals surface area contributed by atoms with E-state index in [4.69, 9.17) is 4.74 Å². The number of nitro benzene ring substituents is 1. The van der Waals surface area contributed by atoms with Gasteiger partial charge in [-0.2, -0.15) is 8.78 Å². The fourth-order valence-electron chi connectivity index (χ4n) is 1.90. The van der Waals surface area contributed by atoms with E-state index in [0.717, 1.165) is 24.3 Å². The minimum absolute atomic E-state index is 0.0916. The maximum absolute atomic E-state index is 12.4. The van der Waals surface area contributed by atoms with E-state index in [-0.39, 0.29) is 17.1 Å². The second-order valence-corrected chi connectivity index (χ2v) is 6.81. The van der Waals surface area contributed by atoms with E-state index in [0.29, 0.717) is 0 Å². The molecule has 0 aliphatic carbocycles. The first-order valence-corrected chi connectivity index (χ1v) is 8.54. The Labute approximate surface area is 146 Å². The van der Waals surface area contributed by atoms with Crippen LogP contribution in [0.2, 0.25) is 0 Å². The van der Waals surface area contributed by atoms with Gasteiger partial charge in [-0.25, -0.2) is 8.42 Å². The molecule has 0 saturated heterocycles. The number of halogens is 2. The lowest BCUT2D eigenvalue weighted by molar-refractivity contribution is -0.385. The lowest BCUT2D eigenvalue weighted by Gasteiger charge is -2.08. The monoisotopic (exact) mass is 386 g/mol. The molecule has 0 unspecified atom stereocenters. The topological polar surface area (TPSA) is 116 Å². The van der Waals surface area contributed by atoms with Gasteiger partial charge in [-0.3, -0.25) is 14.9 Å². The predicted molar refractivity (Wildman–Crippen MR) is 86.9 cm³/mol. The number of carbonyl (C=O) groups is 1. The van der Waals surface area contributed by atoms with Crippen LogP contribution in [0.3, 0.4) is 0 Å². The first kappa shape index (κ1) is 19.2. The second kappa shape index (κ2) is 7.87. The van der Waals surface area contributed by atoms with Crippen LogP contribution in [0.5, 0.6) is 5.75 Å². The molecule has 138 valence electrons. The number of carbonyl (C=O) groups excluding carboxylic acids is 1. The van der Waals surface area contributed by atoms with Gasteiger partial charge in [0, 0.05) is 11.8 Å². The highest BCUT2D eigenvalue weighted by Crippen LogP contribution is 2.25. The van der Waals surface area contributed by atoms with Crippen molar-refractivity contribution < 1.29 is 31.7 Å². The second-order valence-electron chi connectivity index (χ2n) is 4.89. The lowest BCUT2D eigenvalue weighted by Crippen LogP contribution is -2.20. The Bertz CT molecular complexity index is 916. The number of para-hydroxylation sites is 2. The summed E-state index contributed by atoms with van der Waals surface area (Å²) in [7, 11) is -4.72. The van der Waals surface area contributed by atoms with Crippen molar-refractivity contribution in [1.82, 2.24) is 0 Å². The minimum Gasteiger partial charge on any atom is -0.477 e. The summed E-state index contributed by atoms with van der Waals surface area (Å²) in [6, 6.07) is 9.63. The highest BCUT2D eigenvalue weighted by Gasteiger charge is 2.26. The quantitative estimate of drug-likeness (QED) is 0.578. The molecule has 0 fully saturated rings. The molecule has 11 heteroatoms. The van der Waals surface area contributed by atoms with E-state index in [2.05, 4.69) is 5.32 Å². The number of hydrogen-bond donors (Lipinski definition) is 1. The average Bonchev–Trinajstić information content (AvgIpc) is 2.60. The Morgan fingerprint density at radius 3 is 2.35 bits per heavy atom. The molecule has 0 radical (unpaired) electrons. The van der Waals surface area contributed by atoms with E-state index in [1.54, 1.807) is 0 Å². The van der Waals surface area contributed by atoms with Crippen molar-refractivity contribution >= 4 is 27.1 Å². The van der Waals surface area contributed by atoms with Gasteiger partial charge in [0.15, 0.2) is 12.4 Å². The average molecular weight is 386 g/mol. The molecular formula is C15H12F2N2O6S. The number of anilines is 1. The number of nitrogens with zero attached hydrogens (tertiary/aromatic N) is 1. The van der Waals surface area contributed by atoms with Crippen molar-refractivity contribution in [3.8, 4) is 5.75 Å². The molecule has 0 aliphatic heterocycles. The van der Waals surface area contributed by atoms with Crippen LogP contribution in [0.4, 0.5) is 20.2 Å². The molecule has 26 heavy (non-hydrogen) atoms. The first-order valence-electron chi connectivity index (χ1n) is 7.00. The van der Waals surface area contributed by atoms with Crippen molar-refractivity contribution in [3.63, 3.8) is 0 Å². The number of sulfone groups is 1.